The third-order valence-electron chi connectivity index (χ3n) is 11.8. The normalized spacial score (nSPS) is 20.7. The van der Waals surface area contributed by atoms with E-state index in [2.05, 4.69) is 32.5 Å². The highest BCUT2D eigenvalue weighted by atomic mass is 31.2. The lowest BCUT2D eigenvalue weighted by atomic mass is 9.85. The number of rotatable bonds is 38. The number of carbonyl (C=O) groups excluding carboxylic acids is 3. The van der Waals surface area contributed by atoms with Crippen LogP contribution in [0.5, 0.6) is 0 Å². The Morgan fingerprint density at radius 2 is 1.19 bits per heavy atom. The van der Waals surface area contributed by atoms with Gasteiger partial charge in [-0.3, -0.25) is 33.5 Å². The molecule has 0 radical (unpaired) electrons. The number of anilines is 1. The van der Waals surface area contributed by atoms with Crippen molar-refractivity contribution in [3.8, 4) is 0 Å². The van der Waals surface area contributed by atoms with Gasteiger partial charge in [0.1, 0.15) is 43.2 Å². The van der Waals surface area contributed by atoms with E-state index >= 15 is 0 Å². The summed E-state index contributed by atoms with van der Waals surface area (Å²) in [7, 11) is -5.18. The number of nitro groups is 1. The van der Waals surface area contributed by atoms with Crippen LogP contribution in [0.2, 0.25) is 0 Å². The highest BCUT2D eigenvalue weighted by Gasteiger charge is 2.51. The molecule has 1 heterocycles. The number of hydrogen-bond donors (Lipinski definition) is 8. The van der Waals surface area contributed by atoms with E-state index in [4.69, 9.17) is 18.5 Å². The van der Waals surface area contributed by atoms with Crippen LogP contribution in [0.15, 0.2) is 16.8 Å². The number of non-ortho nitro benzene ring substituents is 1. The Morgan fingerprint density at radius 3 is 1.78 bits per heavy atom. The van der Waals surface area contributed by atoms with Crippen LogP contribution in [0.25, 0.3) is 11.0 Å². The lowest BCUT2D eigenvalue weighted by Gasteiger charge is -2.41. The molecule has 0 aliphatic heterocycles. The van der Waals surface area contributed by atoms with Crippen LogP contribution in [0.3, 0.4) is 0 Å². The molecule has 1 fully saturated rings. The fraction of sp³-hybridized carbons (Fsp3) is 0.800. The Labute approximate surface area is 397 Å². The molecular formula is C45H76N5O17P. The molecule has 1 aromatic heterocycles. The third-order valence-corrected chi connectivity index (χ3v) is 12.8. The van der Waals surface area contributed by atoms with Gasteiger partial charge in [0.2, 0.25) is 11.4 Å². The molecule has 68 heavy (non-hydrogen) atoms. The van der Waals surface area contributed by atoms with Gasteiger partial charge in [-0.25, -0.2) is 9.19 Å². The van der Waals surface area contributed by atoms with Gasteiger partial charge in [-0.2, -0.15) is 0 Å². The van der Waals surface area contributed by atoms with Gasteiger partial charge in [0, 0.05) is 38.4 Å². The smallest absolute Gasteiger partial charge is 0.462 e. The molecule has 0 spiro atoms. The average Bonchev–Trinajstić information content (AvgIpc) is 3.81. The van der Waals surface area contributed by atoms with Crippen LogP contribution in [-0.4, -0.2) is 133 Å². The largest absolute Gasteiger partial charge is 0.472 e. The molecule has 1 aliphatic carbocycles. The van der Waals surface area contributed by atoms with Gasteiger partial charge in [-0.1, -0.05) is 110 Å². The minimum absolute atomic E-state index is 0.00321. The van der Waals surface area contributed by atoms with E-state index in [9.17, 15) is 59.5 Å². The molecule has 1 aromatic carbocycles. The standard InChI is InChI=1S/C45H76N5O17P/c1-2-3-4-5-6-7-8-9-10-11-12-13-14-15-19-25-37(53)65-32(31-64-68(61,62)66-45-43(57)41(55)40(54)42(56)44(45)58)30-63-36(52)24-20-17-22-29-47-35(51)23-18-16-21-28-46-33-26-27-34(50(59)60)39-38(33)48-67-49-39/h26-27,32,40-46,54-58H,2-25,28-31H2,1H3,(H,47,51)(H,61,62)/t32-,40?,41-,42+,43-,44-,45?/m0/s1. The predicted molar refractivity (Wildman–Crippen MR) is 248 cm³/mol. The molecule has 0 bridgehead atoms. The molecule has 3 unspecified atom stereocenters. The van der Waals surface area contributed by atoms with E-state index < -0.39 is 80.6 Å². The number of unbranched alkanes of at least 4 members (excludes halogenated alkanes) is 18. The Kier molecular flexibility index (Phi) is 28.2. The van der Waals surface area contributed by atoms with E-state index in [-0.39, 0.29) is 35.5 Å². The van der Waals surface area contributed by atoms with Gasteiger partial charge in [0.15, 0.2) is 11.6 Å². The van der Waals surface area contributed by atoms with Gasteiger partial charge in [-0.05, 0) is 48.5 Å². The minimum atomic E-state index is -5.18. The quantitative estimate of drug-likeness (QED) is 0.0129. The van der Waals surface area contributed by atoms with Crippen LogP contribution in [0.4, 0.5) is 11.4 Å². The second kappa shape index (κ2) is 32.9. The van der Waals surface area contributed by atoms with E-state index in [1.54, 1.807) is 6.07 Å². The van der Waals surface area contributed by atoms with Crippen molar-refractivity contribution in [3.05, 3.63) is 22.2 Å². The van der Waals surface area contributed by atoms with Crippen molar-refractivity contribution in [2.24, 2.45) is 0 Å². The van der Waals surface area contributed by atoms with Crippen molar-refractivity contribution in [3.63, 3.8) is 0 Å². The average molecular weight is 990 g/mol. The van der Waals surface area contributed by atoms with Crippen LogP contribution >= 0.6 is 7.82 Å². The number of ether oxygens (including phenoxy) is 2. The SMILES string of the molecule is CCCCCCCCCCCCCCCCCC(=O)O[C@@H](COC(=O)CCCCCNC(=O)CCCCCNc1ccc([N+](=O)[O-])c2nonc12)COP(=O)(O)OC1[C@@H](O)[C@H](O)C(O)[C@H](O)[C@@H]1O. The van der Waals surface area contributed by atoms with Gasteiger partial charge >= 0.3 is 25.4 Å². The molecule has 22 nitrogen and oxygen atoms in total. The first-order valence-corrected chi connectivity index (χ1v) is 26.0. The number of hydrogen-bond acceptors (Lipinski definition) is 19. The number of aliphatic hydroxyl groups excluding tert-OH is 5. The zero-order valence-corrected chi connectivity index (χ0v) is 40.4. The fourth-order valence-electron chi connectivity index (χ4n) is 7.78. The predicted octanol–water partition coefficient (Wildman–Crippen LogP) is 5.82. The molecule has 3 rings (SSSR count). The van der Waals surface area contributed by atoms with Crippen LogP contribution in [0, 0.1) is 10.1 Å². The summed E-state index contributed by atoms with van der Waals surface area (Å²) in [6.45, 7) is 1.84. The maximum atomic E-state index is 12.8. The summed E-state index contributed by atoms with van der Waals surface area (Å²) < 4.78 is 38.1. The topological polar surface area (TPSA) is 333 Å². The number of benzene rings is 1. The monoisotopic (exact) mass is 989 g/mol. The number of phosphoric acid groups is 1. The number of esters is 2. The molecule has 8 atom stereocenters. The highest BCUT2D eigenvalue weighted by Crippen LogP contribution is 2.47. The zero-order valence-electron chi connectivity index (χ0n) is 39.5. The van der Waals surface area contributed by atoms with Crippen molar-refractivity contribution in [2.75, 3.05) is 31.6 Å². The maximum absolute atomic E-state index is 12.8. The molecule has 23 heteroatoms. The fourth-order valence-corrected chi connectivity index (χ4v) is 8.76. The molecular weight excluding hydrogens is 913 g/mol. The lowest BCUT2D eigenvalue weighted by Crippen LogP contribution is -2.64. The first-order valence-electron chi connectivity index (χ1n) is 24.5. The van der Waals surface area contributed by atoms with Gasteiger partial charge in [-0.15, -0.1) is 0 Å². The van der Waals surface area contributed by atoms with Crippen molar-refractivity contribution >= 4 is 48.1 Å². The van der Waals surface area contributed by atoms with Crippen LogP contribution in [0.1, 0.15) is 161 Å². The van der Waals surface area contributed by atoms with Crippen molar-refractivity contribution < 1.29 is 77.4 Å². The van der Waals surface area contributed by atoms with Crippen molar-refractivity contribution in [2.45, 2.75) is 204 Å². The summed E-state index contributed by atoms with van der Waals surface area (Å²) in [4.78, 5) is 58.7. The summed E-state index contributed by atoms with van der Waals surface area (Å²) in [5.74, 6) is -1.40. The molecule has 0 saturated heterocycles. The zero-order chi connectivity index (χ0) is 49.7. The number of aromatic nitrogens is 2. The maximum Gasteiger partial charge on any atom is 0.472 e. The Morgan fingerprint density at radius 1 is 0.691 bits per heavy atom. The second-order valence-corrected chi connectivity index (χ2v) is 18.9. The summed E-state index contributed by atoms with van der Waals surface area (Å²) in [6, 6.07) is 2.88. The van der Waals surface area contributed by atoms with E-state index in [0.717, 1.165) is 38.5 Å². The van der Waals surface area contributed by atoms with Crippen LogP contribution < -0.4 is 10.6 Å². The number of nitrogens with zero attached hydrogens (tertiary/aromatic N) is 3. The van der Waals surface area contributed by atoms with E-state index in [1.807, 2.05) is 0 Å². The van der Waals surface area contributed by atoms with E-state index in [0.29, 0.717) is 57.3 Å². The molecule has 388 valence electrons. The number of carbonyl (C=O) groups is 3. The summed E-state index contributed by atoms with van der Waals surface area (Å²) in [6.07, 6.45) is 7.86. The molecule has 1 saturated carbocycles. The Bertz CT molecular complexity index is 1810. The van der Waals surface area contributed by atoms with E-state index in [1.165, 1.54) is 70.3 Å². The summed E-state index contributed by atoms with van der Waals surface area (Å²) in [5, 5.41) is 74.8. The second-order valence-electron chi connectivity index (χ2n) is 17.5. The molecule has 2 aromatic rings. The Balaban J connectivity index is 1.32. The molecule has 1 amide bonds. The number of nitro benzene ring substituents is 1. The number of phosphoric ester groups is 1. The Hall–Kier alpha value is -3.86. The first kappa shape index (κ1) is 58.5. The van der Waals surface area contributed by atoms with Gasteiger partial charge in [0.25, 0.3) is 0 Å². The number of fused-ring (bicyclic) bond motifs is 1. The van der Waals surface area contributed by atoms with Gasteiger partial charge in [0.05, 0.1) is 17.2 Å². The van der Waals surface area contributed by atoms with Gasteiger partial charge < -0.3 is 50.5 Å². The number of nitrogens with one attached hydrogen (secondary N) is 2. The molecule has 8 N–H and O–H groups in total. The third kappa shape index (κ3) is 22.3. The van der Waals surface area contributed by atoms with Crippen molar-refractivity contribution in [1.82, 2.24) is 15.6 Å². The minimum Gasteiger partial charge on any atom is -0.462 e. The summed E-state index contributed by atoms with van der Waals surface area (Å²) >= 11 is 0. The first-order chi connectivity index (χ1) is 32.6. The highest BCUT2D eigenvalue weighted by molar-refractivity contribution is 7.47. The summed E-state index contributed by atoms with van der Waals surface area (Å²) in [5.41, 5.74) is 0.691. The van der Waals surface area contributed by atoms with Crippen molar-refractivity contribution in [1.29, 1.82) is 0 Å². The number of amides is 1. The molecule has 1 aliphatic rings. The lowest BCUT2D eigenvalue weighted by molar-refractivity contribution is -0.383. The number of aliphatic hydroxyl groups is 5. The van der Waals surface area contributed by atoms with Crippen LogP contribution in [-0.2, 0) is 37.5 Å².